The molecular weight excluding hydrogens is 280 g/mol. The Hall–Kier alpha value is -1.76. The minimum atomic E-state index is -0.104. The van der Waals surface area contributed by atoms with E-state index >= 15 is 0 Å². The Bertz CT molecular complexity index is 639. The van der Waals surface area contributed by atoms with E-state index < -0.39 is 0 Å². The predicted molar refractivity (Wildman–Crippen MR) is 81.2 cm³/mol. The number of nitrogens with one attached hydrogen (secondary N) is 1. The molecule has 2 aromatic rings. The monoisotopic (exact) mass is 304 g/mol. The van der Waals surface area contributed by atoms with E-state index in [-0.39, 0.29) is 11.5 Å². The van der Waals surface area contributed by atoms with Crippen LogP contribution in [0.15, 0.2) is 4.52 Å². The molecule has 2 aromatic heterocycles. The third-order valence-corrected chi connectivity index (χ3v) is 3.99. The molecule has 7 nitrogen and oxygen atoms in total. The topological polar surface area (TPSA) is 81.7 Å². The molecule has 1 aliphatic heterocycles. The summed E-state index contributed by atoms with van der Waals surface area (Å²) in [4.78, 5) is 4.49. The number of rotatable bonds is 4. The van der Waals surface area contributed by atoms with E-state index in [2.05, 4.69) is 51.0 Å². The highest BCUT2D eigenvalue weighted by Gasteiger charge is 2.23. The molecule has 22 heavy (non-hydrogen) atoms. The number of hydrogen-bond acceptors (Lipinski definition) is 6. The molecule has 3 rings (SSSR count). The fraction of sp³-hybridized carbons (Fsp3) is 0.733. The van der Waals surface area contributed by atoms with Crippen molar-refractivity contribution in [1.82, 2.24) is 30.2 Å². The van der Waals surface area contributed by atoms with Crippen LogP contribution in [-0.4, -0.2) is 24.9 Å². The average Bonchev–Trinajstić information content (AvgIpc) is 3.11. The van der Waals surface area contributed by atoms with Gasteiger partial charge in [-0.25, -0.2) is 0 Å². The van der Waals surface area contributed by atoms with Gasteiger partial charge in [0.25, 0.3) is 0 Å². The van der Waals surface area contributed by atoms with Crippen molar-refractivity contribution < 1.29 is 4.52 Å². The summed E-state index contributed by atoms with van der Waals surface area (Å²) in [7, 11) is 0. The van der Waals surface area contributed by atoms with E-state index in [9.17, 15) is 0 Å². The van der Waals surface area contributed by atoms with Crippen molar-refractivity contribution in [2.75, 3.05) is 0 Å². The van der Waals surface area contributed by atoms with Crippen LogP contribution in [0.4, 0.5) is 0 Å². The highest BCUT2D eigenvalue weighted by molar-refractivity contribution is 5.03. The molecule has 0 bridgehead atoms. The fourth-order valence-corrected chi connectivity index (χ4v) is 2.55. The zero-order chi connectivity index (χ0) is 15.7. The average molecular weight is 304 g/mol. The summed E-state index contributed by atoms with van der Waals surface area (Å²) in [6, 6.07) is -0.0138. The fourth-order valence-electron chi connectivity index (χ4n) is 2.55. The molecule has 0 amide bonds. The van der Waals surface area contributed by atoms with Gasteiger partial charge in [0.15, 0.2) is 5.82 Å². The summed E-state index contributed by atoms with van der Waals surface area (Å²) in [5.41, 5.74) is -0.104. The molecule has 1 atom stereocenters. The third-order valence-electron chi connectivity index (χ3n) is 3.99. The molecule has 0 aromatic carbocycles. The molecular formula is C15H24N6O. The minimum absolute atomic E-state index is 0.0138. The van der Waals surface area contributed by atoms with E-state index in [0.717, 1.165) is 30.4 Å². The molecule has 120 valence electrons. The van der Waals surface area contributed by atoms with E-state index in [0.29, 0.717) is 12.4 Å². The molecule has 0 saturated heterocycles. The number of aromatic nitrogens is 5. The minimum Gasteiger partial charge on any atom is -0.338 e. The van der Waals surface area contributed by atoms with Crippen molar-refractivity contribution in [1.29, 1.82) is 0 Å². The van der Waals surface area contributed by atoms with Gasteiger partial charge in [-0.3, -0.25) is 5.32 Å². The molecule has 7 heteroatoms. The lowest BCUT2D eigenvalue weighted by molar-refractivity contribution is 0.328. The lowest BCUT2D eigenvalue weighted by atomic mass is 9.96. The van der Waals surface area contributed by atoms with E-state index in [4.69, 9.17) is 4.52 Å². The molecule has 0 fully saturated rings. The Morgan fingerprint density at radius 3 is 2.82 bits per heavy atom. The summed E-state index contributed by atoms with van der Waals surface area (Å²) in [5, 5.41) is 16.0. The molecule has 1 aliphatic rings. The lowest BCUT2D eigenvalue weighted by Crippen LogP contribution is -2.23. The Morgan fingerprint density at radius 1 is 1.27 bits per heavy atom. The van der Waals surface area contributed by atoms with Crippen LogP contribution in [-0.2, 0) is 24.9 Å². The first-order chi connectivity index (χ1) is 10.4. The van der Waals surface area contributed by atoms with Gasteiger partial charge >= 0.3 is 0 Å². The van der Waals surface area contributed by atoms with Crippen molar-refractivity contribution in [2.24, 2.45) is 0 Å². The maximum Gasteiger partial charge on any atom is 0.243 e. The maximum absolute atomic E-state index is 5.37. The van der Waals surface area contributed by atoms with Crippen LogP contribution < -0.4 is 5.32 Å². The quantitative estimate of drug-likeness (QED) is 0.932. The predicted octanol–water partition coefficient (Wildman–Crippen LogP) is 2.15. The third kappa shape index (κ3) is 3.04. The van der Waals surface area contributed by atoms with Gasteiger partial charge in [0.2, 0.25) is 5.89 Å². The number of aryl methyl sites for hydroxylation is 1. The van der Waals surface area contributed by atoms with Crippen molar-refractivity contribution in [3.05, 3.63) is 23.4 Å². The standard InChI is InChI=1S/C15H24N6O/c1-10(13-17-14(20-22-13)15(2,3)4)16-9-12-19-18-11-7-5-6-8-21(11)12/h10,16H,5-9H2,1-4H3/t10-/m0/s1. The van der Waals surface area contributed by atoms with E-state index in [1.165, 1.54) is 12.8 Å². The molecule has 0 spiro atoms. The van der Waals surface area contributed by atoms with Gasteiger partial charge in [-0.1, -0.05) is 25.9 Å². The van der Waals surface area contributed by atoms with Gasteiger partial charge in [0.1, 0.15) is 11.6 Å². The highest BCUT2D eigenvalue weighted by atomic mass is 16.5. The first-order valence-electron chi connectivity index (χ1n) is 7.93. The second-order valence-corrected chi connectivity index (χ2v) is 6.95. The largest absolute Gasteiger partial charge is 0.338 e. The maximum atomic E-state index is 5.37. The smallest absolute Gasteiger partial charge is 0.243 e. The molecule has 0 aliphatic carbocycles. The van der Waals surface area contributed by atoms with Crippen LogP contribution in [0.25, 0.3) is 0 Å². The summed E-state index contributed by atoms with van der Waals surface area (Å²) in [6.45, 7) is 9.91. The van der Waals surface area contributed by atoms with Crippen LogP contribution in [0, 0.1) is 0 Å². The van der Waals surface area contributed by atoms with Gasteiger partial charge in [-0.05, 0) is 19.8 Å². The summed E-state index contributed by atoms with van der Waals surface area (Å²) in [5.74, 6) is 3.43. The summed E-state index contributed by atoms with van der Waals surface area (Å²) >= 11 is 0. The highest BCUT2D eigenvalue weighted by Crippen LogP contribution is 2.21. The zero-order valence-corrected chi connectivity index (χ0v) is 13.8. The Balaban J connectivity index is 1.64. The van der Waals surface area contributed by atoms with Crippen molar-refractivity contribution in [3.8, 4) is 0 Å². The van der Waals surface area contributed by atoms with Crippen molar-refractivity contribution in [3.63, 3.8) is 0 Å². The number of nitrogens with zero attached hydrogens (tertiary/aromatic N) is 5. The molecule has 0 unspecified atom stereocenters. The second kappa shape index (κ2) is 5.79. The SMILES string of the molecule is C[C@H](NCc1nnc2n1CCCC2)c1nc(C(C)(C)C)no1. The van der Waals surface area contributed by atoms with Crippen molar-refractivity contribution >= 4 is 0 Å². The van der Waals surface area contributed by atoms with Gasteiger partial charge in [-0.15, -0.1) is 10.2 Å². The Labute approximate surface area is 130 Å². The normalized spacial score (nSPS) is 16.5. The Morgan fingerprint density at radius 2 is 2.09 bits per heavy atom. The Kier molecular flexibility index (Phi) is 3.99. The second-order valence-electron chi connectivity index (χ2n) is 6.95. The number of hydrogen-bond donors (Lipinski definition) is 1. The van der Waals surface area contributed by atoms with Crippen LogP contribution in [0.5, 0.6) is 0 Å². The van der Waals surface area contributed by atoms with E-state index in [1.807, 2.05) is 6.92 Å². The zero-order valence-electron chi connectivity index (χ0n) is 13.8. The summed E-state index contributed by atoms with van der Waals surface area (Å²) < 4.78 is 7.59. The van der Waals surface area contributed by atoms with Crippen LogP contribution >= 0.6 is 0 Å². The lowest BCUT2D eigenvalue weighted by Gasteiger charge is -2.15. The van der Waals surface area contributed by atoms with Crippen LogP contribution in [0.3, 0.4) is 0 Å². The first-order valence-corrected chi connectivity index (χ1v) is 7.93. The molecule has 3 heterocycles. The van der Waals surface area contributed by atoms with Gasteiger partial charge in [0, 0.05) is 18.4 Å². The van der Waals surface area contributed by atoms with Crippen LogP contribution in [0.1, 0.15) is 69.9 Å². The number of fused-ring (bicyclic) bond motifs is 1. The van der Waals surface area contributed by atoms with Gasteiger partial charge < -0.3 is 9.09 Å². The van der Waals surface area contributed by atoms with Crippen LogP contribution in [0.2, 0.25) is 0 Å². The molecule has 0 saturated carbocycles. The van der Waals surface area contributed by atoms with E-state index in [1.54, 1.807) is 0 Å². The van der Waals surface area contributed by atoms with Gasteiger partial charge in [-0.2, -0.15) is 4.98 Å². The summed E-state index contributed by atoms with van der Waals surface area (Å²) in [6.07, 6.45) is 3.44. The molecule has 0 radical (unpaired) electrons. The van der Waals surface area contributed by atoms with Crippen molar-refractivity contribution in [2.45, 2.75) is 71.5 Å². The molecule has 1 N–H and O–H groups in total. The first kappa shape index (κ1) is 15.1. The van der Waals surface area contributed by atoms with Gasteiger partial charge in [0.05, 0.1) is 12.6 Å².